The molecular weight excluding hydrogens is 376 g/mol. The molecule has 9 nitrogen and oxygen atoms in total. The molecule has 2 amide bonds. The fraction of sp³-hybridized carbons (Fsp3) is 0.300. The maximum atomic E-state index is 12.6. The van der Waals surface area contributed by atoms with Crippen LogP contribution in [0.1, 0.15) is 35.6 Å². The average molecular weight is 398 g/mol. The minimum Gasteiger partial charge on any atom is -0.494 e. The van der Waals surface area contributed by atoms with E-state index in [4.69, 9.17) is 14.0 Å². The number of hydrogen-bond acceptors (Lipinski definition) is 7. The van der Waals surface area contributed by atoms with Crippen molar-refractivity contribution in [3.05, 3.63) is 47.3 Å². The van der Waals surface area contributed by atoms with E-state index < -0.39 is 17.9 Å². The van der Waals surface area contributed by atoms with E-state index in [-0.39, 0.29) is 5.71 Å². The zero-order chi connectivity index (χ0) is 21.0. The molecule has 29 heavy (non-hydrogen) atoms. The Balaban J connectivity index is 1.61. The molecule has 0 saturated heterocycles. The highest BCUT2D eigenvalue weighted by molar-refractivity contribution is 6.06. The first-order chi connectivity index (χ1) is 13.9. The average Bonchev–Trinajstić information content (AvgIpc) is 3.07. The van der Waals surface area contributed by atoms with Gasteiger partial charge in [0.1, 0.15) is 11.5 Å². The lowest BCUT2D eigenvalue weighted by Gasteiger charge is -2.15. The number of pyridine rings is 1. The molecule has 3 rings (SSSR count). The third kappa shape index (κ3) is 4.63. The maximum absolute atomic E-state index is 12.6. The van der Waals surface area contributed by atoms with Crippen molar-refractivity contribution < 1.29 is 23.6 Å². The first-order valence-corrected chi connectivity index (χ1v) is 9.12. The minimum absolute atomic E-state index is 0.270. The maximum Gasteiger partial charge on any atom is 0.279 e. The van der Waals surface area contributed by atoms with Crippen molar-refractivity contribution >= 4 is 22.9 Å². The molecule has 0 bridgehead atoms. The Labute approximate surface area is 167 Å². The number of nitrogens with one attached hydrogen (secondary N) is 2. The van der Waals surface area contributed by atoms with Gasteiger partial charge in [-0.05, 0) is 58.0 Å². The van der Waals surface area contributed by atoms with E-state index >= 15 is 0 Å². The lowest BCUT2D eigenvalue weighted by atomic mass is 10.1. The number of nitrogens with zero attached hydrogens (tertiary/aromatic N) is 2. The van der Waals surface area contributed by atoms with Crippen LogP contribution in [0, 0.1) is 13.8 Å². The highest BCUT2D eigenvalue weighted by Gasteiger charge is 2.20. The Morgan fingerprint density at radius 1 is 1.14 bits per heavy atom. The van der Waals surface area contributed by atoms with Gasteiger partial charge in [-0.25, -0.2) is 4.98 Å². The van der Waals surface area contributed by atoms with E-state index in [1.54, 1.807) is 51.1 Å². The molecule has 0 spiro atoms. The van der Waals surface area contributed by atoms with Crippen LogP contribution in [0.15, 0.2) is 34.9 Å². The Hall–Kier alpha value is -3.62. The quantitative estimate of drug-likeness (QED) is 0.613. The minimum atomic E-state index is -0.829. The number of benzene rings is 1. The van der Waals surface area contributed by atoms with Crippen molar-refractivity contribution in [2.45, 2.75) is 33.8 Å². The lowest BCUT2D eigenvalue weighted by Crippen LogP contribution is -2.47. The van der Waals surface area contributed by atoms with E-state index in [9.17, 15) is 9.59 Å². The van der Waals surface area contributed by atoms with Crippen LogP contribution in [0.3, 0.4) is 0 Å². The van der Waals surface area contributed by atoms with Crippen molar-refractivity contribution in [3.63, 3.8) is 0 Å². The summed E-state index contributed by atoms with van der Waals surface area (Å²) in [7, 11) is 0. The number of hydrazine groups is 1. The van der Waals surface area contributed by atoms with E-state index in [0.717, 1.165) is 0 Å². The zero-order valence-corrected chi connectivity index (χ0v) is 16.6. The number of aromatic nitrogens is 2. The Morgan fingerprint density at radius 3 is 2.52 bits per heavy atom. The predicted molar refractivity (Wildman–Crippen MR) is 105 cm³/mol. The Bertz CT molecular complexity index is 1030. The van der Waals surface area contributed by atoms with Gasteiger partial charge < -0.3 is 14.0 Å². The fourth-order valence-corrected chi connectivity index (χ4v) is 2.72. The molecule has 2 N–H and O–H groups in total. The van der Waals surface area contributed by atoms with Gasteiger partial charge in [-0.2, -0.15) is 0 Å². The van der Waals surface area contributed by atoms with Gasteiger partial charge in [0.15, 0.2) is 6.10 Å². The summed E-state index contributed by atoms with van der Waals surface area (Å²) in [4.78, 5) is 29.1. The van der Waals surface area contributed by atoms with Crippen LogP contribution in [0.5, 0.6) is 11.5 Å². The zero-order valence-electron chi connectivity index (χ0n) is 16.6. The number of fused-ring (bicyclic) bond motifs is 1. The summed E-state index contributed by atoms with van der Waals surface area (Å²) in [5, 5.41) is 4.34. The van der Waals surface area contributed by atoms with Gasteiger partial charge in [-0.1, -0.05) is 5.16 Å². The molecule has 152 valence electrons. The summed E-state index contributed by atoms with van der Waals surface area (Å²) >= 11 is 0. The second-order valence-corrected chi connectivity index (χ2v) is 6.37. The van der Waals surface area contributed by atoms with Crippen molar-refractivity contribution in [1.82, 2.24) is 21.0 Å². The smallest absolute Gasteiger partial charge is 0.279 e. The van der Waals surface area contributed by atoms with Crippen LogP contribution in [0.2, 0.25) is 0 Å². The number of carbonyl (C=O) groups excluding carboxylic acids is 2. The van der Waals surface area contributed by atoms with Gasteiger partial charge in [0, 0.05) is 5.69 Å². The summed E-state index contributed by atoms with van der Waals surface area (Å²) in [6, 6.07) is 8.53. The molecule has 0 saturated carbocycles. The predicted octanol–water partition coefficient (Wildman–Crippen LogP) is 2.47. The molecule has 0 fully saturated rings. The largest absolute Gasteiger partial charge is 0.494 e. The molecule has 1 atom stereocenters. The summed E-state index contributed by atoms with van der Waals surface area (Å²) in [6.45, 7) is 7.49. The SMILES string of the molecule is CCOc1ccc(O[C@H](C)C(=O)NNC(=O)c2cc(C)nc3onc(C)c23)cc1. The standard InChI is InChI=1S/C20H22N4O5/c1-5-27-14-6-8-15(9-7-14)28-13(4)18(25)22-23-19(26)16-10-11(2)21-20-17(16)12(3)24-29-20/h6-10,13H,5H2,1-4H3,(H,22,25)(H,23,26)/t13-/m1/s1. The molecule has 0 radical (unpaired) electrons. The monoisotopic (exact) mass is 398 g/mol. The fourth-order valence-electron chi connectivity index (χ4n) is 2.72. The number of hydrogen-bond donors (Lipinski definition) is 2. The first kappa shape index (κ1) is 20.1. The molecule has 9 heteroatoms. The summed E-state index contributed by atoms with van der Waals surface area (Å²) in [5.41, 5.74) is 6.47. The van der Waals surface area contributed by atoms with Gasteiger partial charge in [-0.3, -0.25) is 20.4 Å². The van der Waals surface area contributed by atoms with Crippen LogP contribution in [-0.4, -0.2) is 34.7 Å². The van der Waals surface area contributed by atoms with Crippen LogP contribution in [-0.2, 0) is 4.79 Å². The Kier molecular flexibility index (Phi) is 5.96. The van der Waals surface area contributed by atoms with E-state index in [0.29, 0.717) is 40.4 Å². The van der Waals surface area contributed by atoms with Crippen molar-refractivity contribution in [2.75, 3.05) is 6.61 Å². The molecule has 3 aromatic rings. The summed E-state index contributed by atoms with van der Waals surface area (Å²) < 4.78 is 16.1. The number of rotatable bonds is 6. The van der Waals surface area contributed by atoms with Crippen LogP contribution in [0.4, 0.5) is 0 Å². The first-order valence-electron chi connectivity index (χ1n) is 9.12. The third-order valence-electron chi connectivity index (χ3n) is 4.11. The molecule has 0 aliphatic heterocycles. The number of amides is 2. The highest BCUT2D eigenvalue weighted by atomic mass is 16.5. The van der Waals surface area contributed by atoms with Gasteiger partial charge in [0.05, 0.1) is 23.3 Å². The third-order valence-corrected chi connectivity index (χ3v) is 4.11. The van der Waals surface area contributed by atoms with Gasteiger partial charge in [0.25, 0.3) is 17.5 Å². The van der Waals surface area contributed by atoms with Crippen LogP contribution in [0.25, 0.3) is 11.1 Å². The normalized spacial score (nSPS) is 11.7. The van der Waals surface area contributed by atoms with Crippen LogP contribution >= 0.6 is 0 Å². The van der Waals surface area contributed by atoms with Crippen LogP contribution < -0.4 is 20.3 Å². The molecule has 0 unspecified atom stereocenters. The molecule has 1 aromatic carbocycles. The van der Waals surface area contributed by atoms with Crippen molar-refractivity contribution in [1.29, 1.82) is 0 Å². The number of ether oxygens (including phenoxy) is 2. The van der Waals surface area contributed by atoms with Crippen molar-refractivity contribution in [2.24, 2.45) is 0 Å². The van der Waals surface area contributed by atoms with Gasteiger partial charge in [0.2, 0.25) is 0 Å². The summed E-state index contributed by atoms with van der Waals surface area (Å²) in [6.07, 6.45) is -0.829. The summed E-state index contributed by atoms with van der Waals surface area (Å²) in [5.74, 6) is 0.214. The second-order valence-electron chi connectivity index (χ2n) is 6.37. The highest BCUT2D eigenvalue weighted by Crippen LogP contribution is 2.22. The second kappa shape index (κ2) is 8.59. The molecular formula is C20H22N4O5. The number of carbonyl (C=O) groups is 2. The molecule has 2 aromatic heterocycles. The molecule has 0 aliphatic rings. The van der Waals surface area contributed by atoms with E-state index in [1.165, 1.54) is 0 Å². The number of aryl methyl sites for hydroxylation is 2. The lowest BCUT2D eigenvalue weighted by molar-refractivity contribution is -0.128. The molecule has 2 heterocycles. The van der Waals surface area contributed by atoms with E-state index in [2.05, 4.69) is 21.0 Å². The van der Waals surface area contributed by atoms with E-state index in [1.807, 2.05) is 6.92 Å². The topological polar surface area (TPSA) is 116 Å². The Morgan fingerprint density at radius 2 is 1.83 bits per heavy atom. The van der Waals surface area contributed by atoms with Gasteiger partial charge >= 0.3 is 0 Å². The van der Waals surface area contributed by atoms with Gasteiger partial charge in [-0.15, -0.1) is 0 Å². The van der Waals surface area contributed by atoms with Crippen molar-refractivity contribution in [3.8, 4) is 11.5 Å². The molecule has 0 aliphatic carbocycles.